The second kappa shape index (κ2) is 9.09. The van der Waals surface area contributed by atoms with Gasteiger partial charge in [0, 0.05) is 12.1 Å². The zero-order valence-corrected chi connectivity index (χ0v) is 17.5. The molecule has 4 rings (SSSR count). The predicted molar refractivity (Wildman–Crippen MR) is 124 cm³/mol. The van der Waals surface area contributed by atoms with Crippen LogP contribution in [0.4, 0.5) is 0 Å². The molecule has 30 heavy (non-hydrogen) atoms. The fourth-order valence-electron chi connectivity index (χ4n) is 3.34. The molecule has 0 saturated carbocycles. The standard InChI is InChI=1S/C25H22N2O2S/c1-17-5-4-6-18(15-17)13-14-26-24(28)20-11-9-19(10-12-20)16-23-25(29)27-21-7-2-3-8-22(21)30-23/h2-12,15-16,22H,13-14H2,1H3,(H,26,28)/b23-16+. The first-order valence-electron chi connectivity index (χ1n) is 9.88. The summed E-state index contributed by atoms with van der Waals surface area (Å²) in [5.74, 6) is -0.317. The number of aliphatic imine (C=N–C) groups is 1. The van der Waals surface area contributed by atoms with Crippen molar-refractivity contribution in [3.8, 4) is 0 Å². The molecular weight excluding hydrogens is 392 g/mol. The molecule has 2 aromatic carbocycles. The van der Waals surface area contributed by atoms with E-state index in [1.807, 2.05) is 48.6 Å². The zero-order chi connectivity index (χ0) is 20.9. The Morgan fingerprint density at radius 3 is 2.80 bits per heavy atom. The minimum atomic E-state index is -0.218. The first-order chi connectivity index (χ1) is 14.6. The van der Waals surface area contributed by atoms with Gasteiger partial charge in [0.15, 0.2) is 0 Å². The van der Waals surface area contributed by atoms with E-state index in [9.17, 15) is 9.59 Å². The molecule has 0 bridgehead atoms. The Balaban J connectivity index is 1.37. The monoisotopic (exact) mass is 414 g/mol. The maximum atomic E-state index is 12.4. The number of carbonyl (C=O) groups excluding carboxylic acids is 2. The number of rotatable bonds is 5. The Bertz CT molecular complexity index is 1090. The predicted octanol–water partition coefficient (Wildman–Crippen LogP) is 4.52. The number of nitrogens with zero attached hydrogens (tertiary/aromatic N) is 1. The van der Waals surface area contributed by atoms with Gasteiger partial charge in [-0.25, -0.2) is 4.99 Å². The molecule has 1 heterocycles. The molecule has 1 unspecified atom stereocenters. The molecule has 0 fully saturated rings. The number of amides is 2. The zero-order valence-electron chi connectivity index (χ0n) is 16.7. The first kappa shape index (κ1) is 20.1. The third-order valence-corrected chi connectivity index (χ3v) is 6.10. The molecule has 1 atom stereocenters. The number of hydrogen-bond acceptors (Lipinski definition) is 3. The number of carbonyl (C=O) groups is 2. The highest BCUT2D eigenvalue weighted by Crippen LogP contribution is 2.32. The van der Waals surface area contributed by atoms with Gasteiger partial charge in [-0.3, -0.25) is 9.59 Å². The molecular formula is C25H22N2O2S. The number of hydrogen-bond donors (Lipinski definition) is 1. The van der Waals surface area contributed by atoms with Crippen LogP contribution in [0.3, 0.4) is 0 Å². The van der Waals surface area contributed by atoms with E-state index < -0.39 is 0 Å². The van der Waals surface area contributed by atoms with Crippen LogP contribution in [0.15, 0.2) is 82.7 Å². The van der Waals surface area contributed by atoms with E-state index in [-0.39, 0.29) is 17.1 Å². The van der Waals surface area contributed by atoms with Crippen molar-refractivity contribution in [2.45, 2.75) is 18.6 Å². The van der Waals surface area contributed by atoms with E-state index in [0.29, 0.717) is 17.0 Å². The third kappa shape index (κ3) is 4.86. The van der Waals surface area contributed by atoms with Gasteiger partial charge in [-0.15, -0.1) is 11.8 Å². The Morgan fingerprint density at radius 1 is 1.17 bits per heavy atom. The molecule has 1 aliphatic heterocycles. The summed E-state index contributed by atoms with van der Waals surface area (Å²) in [6.07, 6.45) is 10.4. The van der Waals surface area contributed by atoms with Gasteiger partial charge in [0.05, 0.1) is 15.9 Å². The molecule has 0 saturated heterocycles. The summed E-state index contributed by atoms with van der Waals surface area (Å²) in [6, 6.07) is 15.6. The molecule has 5 heteroatoms. The molecule has 1 aliphatic carbocycles. The van der Waals surface area contributed by atoms with Crippen LogP contribution in [0.5, 0.6) is 0 Å². The molecule has 4 nitrogen and oxygen atoms in total. The van der Waals surface area contributed by atoms with Crippen molar-refractivity contribution in [1.29, 1.82) is 0 Å². The second-order valence-corrected chi connectivity index (χ2v) is 8.43. The highest BCUT2D eigenvalue weighted by molar-refractivity contribution is 8.05. The lowest BCUT2D eigenvalue weighted by Crippen LogP contribution is -2.25. The third-order valence-electron chi connectivity index (χ3n) is 4.90. The van der Waals surface area contributed by atoms with Crippen molar-refractivity contribution in [3.05, 3.63) is 100.0 Å². The minimum Gasteiger partial charge on any atom is -0.352 e. The summed E-state index contributed by atoms with van der Waals surface area (Å²) in [4.78, 5) is 29.5. The van der Waals surface area contributed by atoms with Crippen LogP contribution in [-0.4, -0.2) is 29.3 Å². The average Bonchev–Trinajstić information content (AvgIpc) is 2.75. The summed E-state index contributed by atoms with van der Waals surface area (Å²) >= 11 is 1.50. The van der Waals surface area contributed by atoms with Crippen molar-refractivity contribution in [2.24, 2.45) is 4.99 Å². The normalized spacial score (nSPS) is 18.8. The van der Waals surface area contributed by atoms with Crippen LogP contribution in [0, 0.1) is 6.92 Å². The second-order valence-electron chi connectivity index (χ2n) is 7.25. The van der Waals surface area contributed by atoms with Crippen molar-refractivity contribution in [2.75, 3.05) is 6.54 Å². The maximum absolute atomic E-state index is 12.4. The fourth-order valence-corrected chi connectivity index (χ4v) is 4.39. The molecule has 0 aromatic heterocycles. The molecule has 1 N–H and O–H groups in total. The van der Waals surface area contributed by atoms with E-state index in [0.717, 1.165) is 17.7 Å². The van der Waals surface area contributed by atoms with Gasteiger partial charge >= 0.3 is 0 Å². The van der Waals surface area contributed by atoms with Crippen LogP contribution in [0.1, 0.15) is 27.0 Å². The van der Waals surface area contributed by atoms with Crippen LogP contribution in [-0.2, 0) is 11.2 Å². The van der Waals surface area contributed by atoms with Gasteiger partial charge in [0.25, 0.3) is 11.8 Å². The number of aryl methyl sites for hydroxylation is 1. The van der Waals surface area contributed by atoms with E-state index >= 15 is 0 Å². The van der Waals surface area contributed by atoms with Crippen LogP contribution >= 0.6 is 11.8 Å². The van der Waals surface area contributed by atoms with Crippen molar-refractivity contribution in [3.63, 3.8) is 0 Å². The Labute approximate surface area is 180 Å². The summed E-state index contributed by atoms with van der Waals surface area (Å²) < 4.78 is 0. The lowest BCUT2D eigenvalue weighted by molar-refractivity contribution is -0.113. The van der Waals surface area contributed by atoms with E-state index in [1.54, 1.807) is 12.1 Å². The van der Waals surface area contributed by atoms with Gasteiger partial charge in [0.2, 0.25) is 0 Å². The molecule has 2 aliphatic rings. The number of fused-ring (bicyclic) bond motifs is 1. The largest absolute Gasteiger partial charge is 0.352 e. The highest BCUT2D eigenvalue weighted by atomic mass is 32.2. The lowest BCUT2D eigenvalue weighted by Gasteiger charge is -2.20. The number of nitrogens with one attached hydrogen (secondary N) is 1. The topological polar surface area (TPSA) is 58.5 Å². The van der Waals surface area contributed by atoms with Gasteiger partial charge < -0.3 is 5.32 Å². The SMILES string of the molecule is Cc1cccc(CCNC(=O)c2ccc(/C=C3/SC4C=CC=CC4=NC3=O)cc2)c1. The molecule has 150 valence electrons. The first-order valence-corrected chi connectivity index (χ1v) is 10.8. The lowest BCUT2D eigenvalue weighted by atomic mass is 10.1. The molecule has 2 amide bonds. The Hall–Kier alpha value is -3.18. The molecule has 0 radical (unpaired) electrons. The van der Waals surface area contributed by atoms with Crippen LogP contribution < -0.4 is 5.32 Å². The van der Waals surface area contributed by atoms with Crippen molar-refractivity contribution < 1.29 is 9.59 Å². The maximum Gasteiger partial charge on any atom is 0.283 e. The number of thioether (sulfide) groups is 1. The smallest absolute Gasteiger partial charge is 0.283 e. The Morgan fingerprint density at radius 2 is 2.00 bits per heavy atom. The summed E-state index contributed by atoms with van der Waals surface area (Å²) in [6.45, 7) is 2.65. The van der Waals surface area contributed by atoms with E-state index in [1.165, 1.54) is 22.9 Å². The highest BCUT2D eigenvalue weighted by Gasteiger charge is 2.25. The fraction of sp³-hybridized carbons (Fsp3) is 0.160. The van der Waals surface area contributed by atoms with Crippen LogP contribution in [0.2, 0.25) is 0 Å². The average molecular weight is 415 g/mol. The number of allylic oxidation sites excluding steroid dienone is 3. The summed E-state index contributed by atoms with van der Waals surface area (Å²) in [5, 5.41) is 3.04. The van der Waals surface area contributed by atoms with Gasteiger partial charge in [-0.2, -0.15) is 0 Å². The minimum absolute atomic E-state index is 0.0809. The van der Waals surface area contributed by atoms with Gasteiger partial charge in [-0.1, -0.05) is 60.2 Å². The van der Waals surface area contributed by atoms with Crippen molar-refractivity contribution >= 4 is 35.4 Å². The Kier molecular flexibility index (Phi) is 6.10. The van der Waals surface area contributed by atoms with Gasteiger partial charge in [-0.05, 0) is 48.8 Å². The van der Waals surface area contributed by atoms with Gasteiger partial charge in [0.1, 0.15) is 0 Å². The van der Waals surface area contributed by atoms with Crippen LogP contribution in [0.25, 0.3) is 6.08 Å². The molecule has 0 spiro atoms. The summed E-state index contributed by atoms with van der Waals surface area (Å²) in [5.41, 5.74) is 4.69. The molecule has 2 aromatic rings. The summed E-state index contributed by atoms with van der Waals surface area (Å²) in [7, 11) is 0. The quantitative estimate of drug-likeness (QED) is 0.732. The number of benzene rings is 2. The van der Waals surface area contributed by atoms with E-state index in [2.05, 4.69) is 35.4 Å². The van der Waals surface area contributed by atoms with E-state index in [4.69, 9.17) is 0 Å². The van der Waals surface area contributed by atoms with Crippen molar-refractivity contribution in [1.82, 2.24) is 5.32 Å².